The zero-order valence-electron chi connectivity index (χ0n) is 14.3. The fraction of sp³-hybridized carbons (Fsp3) is 0.750. The van der Waals surface area contributed by atoms with Crippen LogP contribution in [-0.2, 0) is 11.3 Å². The number of aromatic nitrogens is 2. The summed E-state index contributed by atoms with van der Waals surface area (Å²) in [4.78, 5) is 11.6. The van der Waals surface area contributed by atoms with Gasteiger partial charge in [0.2, 0.25) is 0 Å². The molecular weight excluding hydrogens is 264 g/mol. The lowest BCUT2D eigenvalue weighted by molar-refractivity contribution is 0.204. The maximum atomic E-state index is 5.24. The molecule has 5 heteroatoms. The van der Waals surface area contributed by atoms with Crippen LogP contribution >= 0.6 is 0 Å². The molecule has 0 amide bonds. The van der Waals surface area contributed by atoms with E-state index in [-0.39, 0.29) is 0 Å². The Morgan fingerprint density at radius 2 is 2.00 bits per heavy atom. The number of nitrogens with one attached hydrogen (secondary N) is 1. The van der Waals surface area contributed by atoms with Gasteiger partial charge in [0.1, 0.15) is 5.82 Å². The second-order valence-corrected chi connectivity index (χ2v) is 6.08. The van der Waals surface area contributed by atoms with Crippen molar-refractivity contribution in [1.29, 1.82) is 0 Å². The van der Waals surface area contributed by atoms with E-state index in [1.165, 1.54) is 0 Å². The lowest BCUT2D eigenvalue weighted by Crippen LogP contribution is -2.33. The van der Waals surface area contributed by atoms with E-state index in [2.05, 4.69) is 42.9 Å². The van der Waals surface area contributed by atoms with Crippen molar-refractivity contribution >= 4 is 5.69 Å². The van der Waals surface area contributed by atoms with E-state index in [0.29, 0.717) is 18.4 Å². The van der Waals surface area contributed by atoms with E-state index in [0.717, 1.165) is 36.8 Å². The summed E-state index contributed by atoms with van der Waals surface area (Å²) < 4.78 is 5.24. The van der Waals surface area contributed by atoms with Crippen molar-refractivity contribution in [2.45, 2.75) is 40.2 Å². The first kappa shape index (κ1) is 17.9. The standard InChI is InChI=1S/C16H30N4O/c1-12(2)11-20(7-8-21-6)15-10-18-16(13(3)4)19-14(15)9-17-5/h10,12-13,17H,7-9,11H2,1-6H3. The van der Waals surface area contributed by atoms with Crippen LogP contribution in [0.4, 0.5) is 5.69 Å². The van der Waals surface area contributed by atoms with Crippen LogP contribution in [0.5, 0.6) is 0 Å². The molecule has 0 bridgehead atoms. The number of ether oxygens (including phenoxy) is 1. The second kappa shape index (κ2) is 8.95. The minimum absolute atomic E-state index is 0.340. The molecular formula is C16H30N4O. The average Bonchev–Trinajstić information content (AvgIpc) is 2.43. The first-order valence-corrected chi connectivity index (χ1v) is 7.73. The molecule has 0 aromatic carbocycles. The Kier molecular flexibility index (Phi) is 7.61. The Morgan fingerprint density at radius 1 is 1.29 bits per heavy atom. The van der Waals surface area contributed by atoms with Crippen LogP contribution in [-0.4, -0.2) is 43.8 Å². The van der Waals surface area contributed by atoms with Crippen LogP contribution in [0.1, 0.15) is 45.1 Å². The maximum absolute atomic E-state index is 5.24. The highest BCUT2D eigenvalue weighted by atomic mass is 16.5. The fourth-order valence-corrected chi connectivity index (χ4v) is 2.22. The number of hydrogen-bond acceptors (Lipinski definition) is 5. The lowest BCUT2D eigenvalue weighted by atomic mass is 10.1. The quantitative estimate of drug-likeness (QED) is 0.758. The predicted octanol–water partition coefficient (Wildman–Crippen LogP) is 2.43. The monoisotopic (exact) mass is 294 g/mol. The van der Waals surface area contributed by atoms with Crippen LogP contribution in [0, 0.1) is 5.92 Å². The number of nitrogens with zero attached hydrogens (tertiary/aromatic N) is 3. The Hall–Kier alpha value is -1.20. The lowest BCUT2D eigenvalue weighted by Gasteiger charge is -2.28. The molecule has 120 valence electrons. The first-order valence-electron chi connectivity index (χ1n) is 7.73. The molecule has 0 aliphatic heterocycles. The summed E-state index contributed by atoms with van der Waals surface area (Å²) in [7, 11) is 3.68. The Labute approximate surface area is 129 Å². The predicted molar refractivity (Wildman–Crippen MR) is 87.8 cm³/mol. The third-order valence-corrected chi connectivity index (χ3v) is 3.22. The molecule has 0 radical (unpaired) electrons. The van der Waals surface area contributed by atoms with E-state index in [4.69, 9.17) is 9.72 Å². The van der Waals surface area contributed by atoms with Gasteiger partial charge in [-0.1, -0.05) is 27.7 Å². The van der Waals surface area contributed by atoms with E-state index >= 15 is 0 Å². The zero-order chi connectivity index (χ0) is 15.8. The van der Waals surface area contributed by atoms with Crippen LogP contribution in [0.3, 0.4) is 0 Å². The number of hydrogen-bond donors (Lipinski definition) is 1. The van der Waals surface area contributed by atoms with Gasteiger partial charge in [0.15, 0.2) is 0 Å². The molecule has 1 rings (SSSR count). The van der Waals surface area contributed by atoms with E-state index in [9.17, 15) is 0 Å². The van der Waals surface area contributed by atoms with Gasteiger partial charge in [-0.3, -0.25) is 0 Å². The van der Waals surface area contributed by atoms with Gasteiger partial charge in [0, 0.05) is 32.7 Å². The normalized spacial score (nSPS) is 11.4. The van der Waals surface area contributed by atoms with Gasteiger partial charge in [0.05, 0.1) is 24.2 Å². The van der Waals surface area contributed by atoms with Gasteiger partial charge in [-0.25, -0.2) is 9.97 Å². The molecule has 0 unspecified atom stereocenters. The molecule has 21 heavy (non-hydrogen) atoms. The highest BCUT2D eigenvalue weighted by Crippen LogP contribution is 2.21. The Balaban J connectivity index is 3.08. The number of methoxy groups -OCH3 is 1. The molecule has 0 aliphatic rings. The van der Waals surface area contributed by atoms with Gasteiger partial charge < -0.3 is 15.0 Å². The number of anilines is 1. The van der Waals surface area contributed by atoms with Crippen LogP contribution in [0.2, 0.25) is 0 Å². The summed E-state index contributed by atoms with van der Waals surface area (Å²) in [5.74, 6) is 1.82. The van der Waals surface area contributed by atoms with Crippen molar-refractivity contribution in [2.24, 2.45) is 5.92 Å². The molecule has 5 nitrogen and oxygen atoms in total. The van der Waals surface area contributed by atoms with E-state index < -0.39 is 0 Å². The van der Waals surface area contributed by atoms with Gasteiger partial charge in [-0.05, 0) is 13.0 Å². The van der Waals surface area contributed by atoms with Crippen molar-refractivity contribution < 1.29 is 4.74 Å². The van der Waals surface area contributed by atoms with Crippen molar-refractivity contribution in [2.75, 3.05) is 38.8 Å². The molecule has 0 atom stereocenters. The topological polar surface area (TPSA) is 50.3 Å². The largest absolute Gasteiger partial charge is 0.383 e. The fourth-order valence-electron chi connectivity index (χ4n) is 2.22. The molecule has 0 spiro atoms. The summed E-state index contributed by atoms with van der Waals surface area (Å²) in [5.41, 5.74) is 2.17. The van der Waals surface area contributed by atoms with E-state index in [1.54, 1.807) is 7.11 Å². The van der Waals surface area contributed by atoms with Crippen LogP contribution < -0.4 is 10.2 Å². The van der Waals surface area contributed by atoms with Crippen molar-refractivity contribution in [3.8, 4) is 0 Å². The molecule has 0 aliphatic carbocycles. The molecule has 1 N–H and O–H groups in total. The highest BCUT2D eigenvalue weighted by molar-refractivity contribution is 5.49. The third-order valence-electron chi connectivity index (χ3n) is 3.22. The molecule has 1 heterocycles. The third kappa shape index (κ3) is 5.59. The number of rotatable bonds is 9. The van der Waals surface area contributed by atoms with Gasteiger partial charge in [0.25, 0.3) is 0 Å². The van der Waals surface area contributed by atoms with Crippen LogP contribution in [0.15, 0.2) is 6.20 Å². The van der Waals surface area contributed by atoms with Crippen molar-refractivity contribution in [1.82, 2.24) is 15.3 Å². The SMILES string of the molecule is CNCc1nc(C(C)C)ncc1N(CCOC)CC(C)C. The zero-order valence-corrected chi connectivity index (χ0v) is 14.3. The summed E-state index contributed by atoms with van der Waals surface area (Å²) in [6, 6.07) is 0. The summed E-state index contributed by atoms with van der Waals surface area (Å²) >= 11 is 0. The highest BCUT2D eigenvalue weighted by Gasteiger charge is 2.16. The average molecular weight is 294 g/mol. The molecule has 0 fully saturated rings. The van der Waals surface area contributed by atoms with Crippen LogP contribution in [0.25, 0.3) is 0 Å². The van der Waals surface area contributed by atoms with Gasteiger partial charge in [-0.15, -0.1) is 0 Å². The maximum Gasteiger partial charge on any atom is 0.131 e. The molecule has 0 saturated heterocycles. The molecule has 1 aromatic heterocycles. The summed E-state index contributed by atoms with van der Waals surface area (Å²) in [6.45, 7) is 12.0. The minimum Gasteiger partial charge on any atom is -0.383 e. The first-order chi connectivity index (χ1) is 9.99. The Bertz CT molecular complexity index is 421. The smallest absolute Gasteiger partial charge is 0.131 e. The van der Waals surface area contributed by atoms with Gasteiger partial charge >= 0.3 is 0 Å². The van der Waals surface area contributed by atoms with E-state index in [1.807, 2.05) is 13.2 Å². The van der Waals surface area contributed by atoms with Gasteiger partial charge in [-0.2, -0.15) is 0 Å². The summed E-state index contributed by atoms with van der Waals surface area (Å²) in [5, 5.41) is 3.21. The van der Waals surface area contributed by atoms with Crippen molar-refractivity contribution in [3.05, 3.63) is 17.7 Å². The molecule has 0 saturated carbocycles. The molecule has 1 aromatic rings. The minimum atomic E-state index is 0.340. The summed E-state index contributed by atoms with van der Waals surface area (Å²) in [6.07, 6.45) is 1.97. The second-order valence-electron chi connectivity index (χ2n) is 6.08. The Morgan fingerprint density at radius 3 is 2.52 bits per heavy atom. The van der Waals surface area contributed by atoms with Crippen molar-refractivity contribution in [3.63, 3.8) is 0 Å².